The van der Waals surface area contributed by atoms with Crippen molar-refractivity contribution < 1.29 is 9.53 Å². The van der Waals surface area contributed by atoms with Crippen LogP contribution in [0.5, 0.6) is 0 Å². The molecule has 1 amide bonds. The summed E-state index contributed by atoms with van der Waals surface area (Å²) in [6, 6.07) is 5.70. The fraction of sp³-hybridized carbons (Fsp3) is 0.538. The smallest absolute Gasteiger partial charge is 0.222 e. The van der Waals surface area contributed by atoms with E-state index >= 15 is 0 Å². The number of nitrogens with two attached hydrogens (primary N) is 1. The molecule has 0 spiro atoms. The lowest BCUT2D eigenvalue weighted by Gasteiger charge is -2.12. The van der Waals surface area contributed by atoms with Gasteiger partial charge in [-0.15, -0.1) is 0 Å². The minimum absolute atomic E-state index is 0.0323. The molecule has 19 heavy (non-hydrogen) atoms. The van der Waals surface area contributed by atoms with Gasteiger partial charge in [0.05, 0.1) is 12.5 Å². The van der Waals surface area contributed by atoms with E-state index in [1.54, 1.807) is 13.3 Å². The van der Waals surface area contributed by atoms with Gasteiger partial charge in [0.1, 0.15) is 5.82 Å². The predicted molar refractivity (Wildman–Crippen MR) is 74.8 cm³/mol. The Morgan fingerprint density at radius 3 is 2.95 bits per heavy atom. The molecule has 1 unspecified atom stereocenters. The van der Waals surface area contributed by atoms with Gasteiger partial charge in [0, 0.05) is 32.9 Å². The highest BCUT2D eigenvalue weighted by atomic mass is 16.5. The third-order valence-electron chi connectivity index (χ3n) is 2.66. The van der Waals surface area contributed by atoms with E-state index in [0.29, 0.717) is 19.5 Å². The Bertz CT molecular complexity index is 355. The van der Waals surface area contributed by atoms with Gasteiger partial charge in [0.2, 0.25) is 5.91 Å². The van der Waals surface area contributed by atoms with Crippen molar-refractivity contribution in [3.05, 3.63) is 24.4 Å². The number of pyridine rings is 1. The Balaban J connectivity index is 2.06. The summed E-state index contributed by atoms with van der Waals surface area (Å²) in [6.45, 7) is 1.74. The van der Waals surface area contributed by atoms with Crippen LogP contribution in [0.4, 0.5) is 5.82 Å². The van der Waals surface area contributed by atoms with Crippen molar-refractivity contribution in [3.8, 4) is 0 Å². The molecule has 1 atom stereocenters. The summed E-state index contributed by atoms with van der Waals surface area (Å²) < 4.78 is 5.05. The molecule has 4 N–H and O–H groups in total. The highest BCUT2D eigenvalue weighted by Gasteiger charge is 2.10. The summed E-state index contributed by atoms with van der Waals surface area (Å²) in [5, 5.41) is 6.01. The second kappa shape index (κ2) is 9.29. The van der Waals surface area contributed by atoms with Crippen LogP contribution < -0.4 is 16.4 Å². The van der Waals surface area contributed by atoms with Gasteiger partial charge in [-0.2, -0.15) is 0 Å². The highest BCUT2D eigenvalue weighted by molar-refractivity contribution is 5.76. The molecule has 106 valence electrons. The molecule has 0 aromatic carbocycles. The van der Waals surface area contributed by atoms with Gasteiger partial charge in [-0.1, -0.05) is 6.07 Å². The van der Waals surface area contributed by atoms with Crippen LogP contribution in [-0.2, 0) is 9.53 Å². The topological polar surface area (TPSA) is 89.3 Å². The first kappa shape index (κ1) is 15.4. The van der Waals surface area contributed by atoms with Crippen molar-refractivity contribution in [1.29, 1.82) is 0 Å². The summed E-state index contributed by atoms with van der Waals surface area (Å²) in [4.78, 5) is 15.7. The normalized spacial score (nSPS) is 11.9. The quantitative estimate of drug-likeness (QED) is 0.562. The third-order valence-corrected chi connectivity index (χ3v) is 2.66. The molecule has 6 nitrogen and oxygen atoms in total. The minimum Gasteiger partial charge on any atom is -0.380 e. The van der Waals surface area contributed by atoms with Gasteiger partial charge in [-0.3, -0.25) is 4.79 Å². The fourth-order valence-electron chi connectivity index (χ4n) is 1.54. The number of ether oxygens (including phenoxy) is 1. The Kier molecular flexibility index (Phi) is 7.53. The number of hydrogen-bond donors (Lipinski definition) is 3. The first-order valence-corrected chi connectivity index (χ1v) is 6.40. The number of carbonyl (C=O) groups is 1. The molecule has 0 aliphatic rings. The summed E-state index contributed by atoms with van der Waals surface area (Å²) in [7, 11) is 1.56. The highest BCUT2D eigenvalue weighted by Crippen LogP contribution is 1.99. The van der Waals surface area contributed by atoms with Crippen LogP contribution in [0.15, 0.2) is 24.4 Å². The van der Waals surface area contributed by atoms with Crippen molar-refractivity contribution in [1.82, 2.24) is 10.3 Å². The molecule has 0 aliphatic heterocycles. The largest absolute Gasteiger partial charge is 0.380 e. The molecule has 0 saturated carbocycles. The Morgan fingerprint density at radius 2 is 2.32 bits per heavy atom. The summed E-state index contributed by atoms with van der Waals surface area (Å²) in [6.07, 6.45) is 2.68. The molecule has 0 saturated heterocycles. The maximum absolute atomic E-state index is 11.5. The molecule has 1 heterocycles. The Labute approximate surface area is 113 Å². The predicted octanol–water partition coefficient (Wildman–Crippen LogP) is 0.364. The van der Waals surface area contributed by atoms with E-state index in [9.17, 15) is 4.79 Å². The van der Waals surface area contributed by atoms with E-state index in [2.05, 4.69) is 15.6 Å². The van der Waals surface area contributed by atoms with E-state index in [-0.39, 0.29) is 12.0 Å². The summed E-state index contributed by atoms with van der Waals surface area (Å²) >= 11 is 0. The second-order valence-corrected chi connectivity index (χ2v) is 4.14. The molecule has 0 bridgehead atoms. The first-order valence-electron chi connectivity index (χ1n) is 6.40. The summed E-state index contributed by atoms with van der Waals surface area (Å²) in [5.41, 5.74) is 5.45. The van der Waals surface area contributed by atoms with Crippen molar-refractivity contribution >= 4 is 11.7 Å². The number of carbonyl (C=O) groups excluding carboxylic acids is 1. The number of anilines is 1. The number of nitrogens with one attached hydrogen (secondary N) is 2. The van der Waals surface area contributed by atoms with Crippen LogP contribution in [0.2, 0.25) is 0 Å². The van der Waals surface area contributed by atoms with Gasteiger partial charge < -0.3 is 21.1 Å². The molecular formula is C13H22N4O2. The van der Waals surface area contributed by atoms with Crippen LogP contribution in [-0.4, -0.2) is 43.7 Å². The molecular weight excluding hydrogens is 244 g/mol. The standard InChI is InChI=1S/C13H22N4O2/c1-19-11(10-14)9-13(18)17-8-4-7-16-12-5-2-3-6-15-12/h2-3,5-6,11H,4,7-10,14H2,1H3,(H,15,16)(H,17,18). The molecule has 0 radical (unpaired) electrons. The molecule has 0 aliphatic carbocycles. The van der Waals surface area contributed by atoms with E-state index in [1.165, 1.54) is 0 Å². The van der Waals surface area contributed by atoms with Gasteiger partial charge in [-0.25, -0.2) is 4.98 Å². The fourth-order valence-corrected chi connectivity index (χ4v) is 1.54. The van der Waals surface area contributed by atoms with Crippen molar-refractivity contribution in [2.24, 2.45) is 5.73 Å². The SMILES string of the molecule is COC(CN)CC(=O)NCCCNc1ccccn1. The first-order chi connectivity index (χ1) is 9.26. The average molecular weight is 266 g/mol. The zero-order chi connectivity index (χ0) is 13.9. The number of methoxy groups -OCH3 is 1. The lowest BCUT2D eigenvalue weighted by Crippen LogP contribution is -2.33. The maximum atomic E-state index is 11.5. The molecule has 1 aromatic heterocycles. The van der Waals surface area contributed by atoms with Crippen molar-refractivity contribution in [2.45, 2.75) is 18.9 Å². The van der Waals surface area contributed by atoms with Crippen LogP contribution in [0.25, 0.3) is 0 Å². The minimum atomic E-state index is -0.202. The van der Waals surface area contributed by atoms with Gasteiger partial charge in [0.15, 0.2) is 0 Å². The van der Waals surface area contributed by atoms with Crippen LogP contribution in [0.1, 0.15) is 12.8 Å². The monoisotopic (exact) mass is 266 g/mol. The third kappa shape index (κ3) is 6.73. The number of aromatic nitrogens is 1. The van der Waals surface area contributed by atoms with Gasteiger partial charge in [-0.05, 0) is 18.6 Å². The van der Waals surface area contributed by atoms with E-state index in [4.69, 9.17) is 10.5 Å². The van der Waals surface area contributed by atoms with Crippen LogP contribution in [0, 0.1) is 0 Å². The lowest BCUT2D eigenvalue weighted by atomic mass is 10.2. The van der Waals surface area contributed by atoms with E-state index in [0.717, 1.165) is 18.8 Å². The number of nitrogens with zero attached hydrogens (tertiary/aromatic N) is 1. The molecule has 1 rings (SSSR count). The zero-order valence-electron chi connectivity index (χ0n) is 11.3. The molecule has 1 aromatic rings. The van der Waals surface area contributed by atoms with E-state index < -0.39 is 0 Å². The van der Waals surface area contributed by atoms with E-state index in [1.807, 2.05) is 18.2 Å². The Morgan fingerprint density at radius 1 is 1.47 bits per heavy atom. The zero-order valence-corrected chi connectivity index (χ0v) is 11.3. The maximum Gasteiger partial charge on any atom is 0.222 e. The molecule has 0 fully saturated rings. The van der Waals surface area contributed by atoms with Crippen LogP contribution in [0.3, 0.4) is 0 Å². The lowest BCUT2D eigenvalue weighted by molar-refractivity contribution is -0.123. The number of rotatable bonds is 9. The van der Waals surface area contributed by atoms with Gasteiger partial charge in [0.25, 0.3) is 0 Å². The Hall–Kier alpha value is -1.66. The number of amides is 1. The van der Waals surface area contributed by atoms with Crippen molar-refractivity contribution in [3.63, 3.8) is 0 Å². The molecule has 6 heteroatoms. The second-order valence-electron chi connectivity index (χ2n) is 4.14. The van der Waals surface area contributed by atoms with Crippen LogP contribution >= 0.6 is 0 Å². The summed E-state index contributed by atoms with van der Waals surface area (Å²) in [5.74, 6) is 0.812. The van der Waals surface area contributed by atoms with Crippen molar-refractivity contribution in [2.75, 3.05) is 32.1 Å². The average Bonchev–Trinajstić information content (AvgIpc) is 2.45. The number of hydrogen-bond acceptors (Lipinski definition) is 5. The van der Waals surface area contributed by atoms with Gasteiger partial charge >= 0.3 is 0 Å².